The lowest BCUT2D eigenvalue weighted by molar-refractivity contribution is -0.118. The average molecular weight is 391 g/mol. The number of halogens is 1. The molecule has 1 amide bonds. The molecular weight excluding hydrogens is 369 g/mol. The minimum Gasteiger partial charge on any atom is -0.322 e. The van der Waals surface area contributed by atoms with Crippen LogP contribution in [0.25, 0.3) is 11.0 Å². The van der Waals surface area contributed by atoms with Crippen molar-refractivity contribution in [1.29, 1.82) is 0 Å². The van der Waals surface area contributed by atoms with Gasteiger partial charge in [0.2, 0.25) is 5.91 Å². The molecule has 0 aliphatic carbocycles. The van der Waals surface area contributed by atoms with Gasteiger partial charge in [0.15, 0.2) is 0 Å². The van der Waals surface area contributed by atoms with E-state index >= 15 is 0 Å². The van der Waals surface area contributed by atoms with Gasteiger partial charge in [-0.25, -0.2) is 9.37 Å². The molecule has 0 aliphatic rings. The number of fused-ring (bicyclic) bond motifs is 1. The summed E-state index contributed by atoms with van der Waals surface area (Å²) in [6.45, 7) is 4.17. The molecule has 0 aliphatic heterocycles. The number of carbonyl (C=O) groups is 1. The van der Waals surface area contributed by atoms with Gasteiger partial charge in [0.1, 0.15) is 17.7 Å². The summed E-state index contributed by atoms with van der Waals surface area (Å²) < 4.78 is 17.4. The lowest BCUT2D eigenvalue weighted by Crippen LogP contribution is -2.24. The van der Waals surface area contributed by atoms with Gasteiger partial charge < -0.3 is 9.88 Å². The highest BCUT2D eigenvalue weighted by molar-refractivity contribution is 5.94. The molecule has 0 saturated heterocycles. The number of amides is 1. The van der Waals surface area contributed by atoms with E-state index in [1.807, 2.05) is 42.7 Å². The summed E-state index contributed by atoms with van der Waals surface area (Å²) in [5.41, 5.74) is 2.92. The summed E-state index contributed by atoms with van der Waals surface area (Å²) in [6, 6.07) is 13.9. The SMILES string of the molecule is CCc1nc2ccccc2n1[C@@H](C)C(=O)Nc1cnn(Cc2ccccc2F)c1. The molecule has 0 radical (unpaired) electrons. The first kappa shape index (κ1) is 18.9. The molecule has 1 atom stereocenters. The van der Waals surface area contributed by atoms with Gasteiger partial charge in [0.05, 0.1) is 29.5 Å². The second kappa shape index (κ2) is 7.87. The lowest BCUT2D eigenvalue weighted by atomic mass is 10.2. The van der Waals surface area contributed by atoms with Gasteiger partial charge in [0, 0.05) is 18.2 Å². The molecule has 29 heavy (non-hydrogen) atoms. The van der Waals surface area contributed by atoms with E-state index in [9.17, 15) is 9.18 Å². The van der Waals surface area contributed by atoms with E-state index < -0.39 is 6.04 Å². The molecule has 0 saturated carbocycles. The third-order valence-electron chi connectivity index (χ3n) is 4.94. The Labute approximate surface area is 168 Å². The Morgan fingerprint density at radius 2 is 1.93 bits per heavy atom. The Morgan fingerprint density at radius 1 is 1.17 bits per heavy atom. The number of nitrogens with one attached hydrogen (secondary N) is 1. The quantitative estimate of drug-likeness (QED) is 0.536. The van der Waals surface area contributed by atoms with Crippen molar-refractivity contribution in [2.45, 2.75) is 32.9 Å². The van der Waals surface area contributed by atoms with Gasteiger partial charge in [-0.2, -0.15) is 5.10 Å². The molecule has 6 nitrogen and oxygen atoms in total. The molecular formula is C22H22FN5O. The zero-order chi connectivity index (χ0) is 20.4. The van der Waals surface area contributed by atoms with Crippen LogP contribution in [0, 0.1) is 5.82 Å². The lowest BCUT2D eigenvalue weighted by Gasteiger charge is -2.16. The van der Waals surface area contributed by atoms with Crippen LogP contribution in [0.2, 0.25) is 0 Å². The van der Waals surface area contributed by atoms with Crippen LogP contribution in [0.3, 0.4) is 0 Å². The maximum atomic E-state index is 13.8. The summed E-state index contributed by atoms with van der Waals surface area (Å²) in [5, 5.41) is 7.13. The third-order valence-corrected chi connectivity index (χ3v) is 4.94. The number of aryl methyl sites for hydroxylation is 1. The minimum absolute atomic E-state index is 0.159. The monoisotopic (exact) mass is 391 g/mol. The zero-order valence-corrected chi connectivity index (χ0v) is 16.3. The first-order valence-electron chi connectivity index (χ1n) is 9.59. The minimum atomic E-state index is -0.438. The highest BCUT2D eigenvalue weighted by atomic mass is 19.1. The van der Waals surface area contributed by atoms with Crippen LogP contribution in [0.5, 0.6) is 0 Å². The number of anilines is 1. The summed E-state index contributed by atoms with van der Waals surface area (Å²) in [4.78, 5) is 17.5. The summed E-state index contributed by atoms with van der Waals surface area (Å²) in [5.74, 6) is 0.429. The molecule has 0 fully saturated rings. The van der Waals surface area contributed by atoms with Crippen molar-refractivity contribution in [3.05, 3.63) is 78.1 Å². The van der Waals surface area contributed by atoms with Crippen LogP contribution < -0.4 is 5.32 Å². The van der Waals surface area contributed by atoms with Crippen molar-refractivity contribution in [1.82, 2.24) is 19.3 Å². The molecule has 2 aromatic carbocycles. The number of hydrogen-bond donors (Lipinski definition) is 1. The van der Waals surface area contributed by atoms with E-state index in [2.05, 4.69) is 15.4 Å². The van der Waals surface area contributed by atoms with Crippen molar-refractivity contribution in [3.8, 4) is 0 Å². The van der Waals surface area contributed by atoms with Crippen LogP contribution in [-0.4, -0.2) is 25.2 Å². The second-order valence-corrected chi connectivity index (χ2v) is 6.92. The number of aromatic nitrogens is 4. The summed E-state index contributed by atoms with van der Waals surface area (Å²) in [6.07, 6.45) is 3.99. The first-order chi connectivity index (χ1) is 14.1. The number of benzene rings is 2. The van der Waals surface area contributed by atoms with Crippen LogP contribution in [0.1, 0.15) is 31.3 Å². The van der Waals surface area contributed by atoms with E-state index in [-0.39, 0.29) is 11.7 Å². The van der Waals surface area contributed by atoms with Crippen LogP contribution in [0.15, 0.2) is 60.9 Å². The molecule has 0 unspecified atom stereocenters. The van der Waals surface area contributed by atoms with Gasteiger partial charge >= 0.3 is 0 Å². The highest BCUT2D eigenvalue weighted by Gasteiger charge is 2.21. The Morgan fingerprint density at radius 3 is 2.72 bits per heavy atom. The second-order valence-electron chi connectivity index (χ2n) is 6.92. The third kappa shape index (κ3) is 3.76. The highest BCUT2D eigenvalue weighted by Crippen LogP contribution is 2.23. The van der Waals surface area contributed by atoms with Gasteiger partial charge in [-0.05, 0) is 25.1 Å². The Bertz CT molecular complexity index is 1160. The number of imidazole rings is 1. The van der Waals surface area contributed by atoms with Gasteiger partial charge in [-0.1, -0.05) is 37.3 Å². The fraction of sp³-hybridized carbons (Fsp3) is 0.227. The van der Waals surface area contributed by atoms with E-state index in [0.717, 1.165) is 23.3 Å². The van der Waals surface area contributed by atoms with Crippen molar-refractivity contribution >= 4 is 22.6 Å². The van der Waals surface area contributed by atoms with Gasteiger partial charge in [-0.3, -0.25) is 9.48 Å². The molecule has 2 aromatic heterocycles. The molecule has 2 heterocycles. The summed E-state index contributed by atoms with van der Waals surface area (Å²) in [7, 11) is 0. The molecule has 0 bridgehead atoms. The molecule has 1 N–H and O–H groups in total. The maximum absolute atomic E-state index is 13.8. The Balaban J connectivity index is 1.52. The van der Waals surface area contributed by atoms with Crippen LogP contribution in [-0.2, 0) is 17.8 Å². The number of nitrogens with zero attached hydrogens (tertiary/aromatic N) is 4. The normalized spacial score (nSPS) is 12.2. The molecule has 4 aromatic rings. The predicted octanol–water partition coefficient (Wildman–Crippen LogP) is 4.18. The topological polar surface area (TPSA) is 64.7 Å². The van der Waals surface area contributed by atoms with Crippen molar-refractivity contribution in [2.75, 3.05) is 5.32 Å². The standard InChI is InChI=1S/C22H22FN5O/c1-3-21-26-19-10-6-7-11-20(19)28(21)15(2)22(29)25-17-12-24-27(14-17)13-16-8-4-5-9-18(16)23/h4-12,14-15H,3,13H2,1-2H3,(H,25,29)/t15-/m0/s1. The average Bonchev–Trinajstić information content (AvgIpc) is 3.32. The number of hydrogen-bond acceptors (Lipinski definition) is 3. The zero-order valence-electron chi connectivity index (χ0n) is 16.3. The Hall–Kier alpha value is -3.48. The first-order valence-corrected chi connectivity index (χ1v) is 9.59. The van der Waals surface area contributed by atoms with Gasteiger partial charge in [0.25, 0.3) is 0 Å². The fourth-order valence-corrected chi connectivity index (χ4v) is 3.46. The fourth-order valence-electron chi connectivity index (χ4n) is 3.46. The molecule has 148 valence electrons. The van der Waals surface area contributed by atoms with E-state index in [4.69, 9.17) is 0 Å². The van der Waals surface area contributed by atoms with Crippen molar-refractivity contribution in [3.63, 3.8) is 0 Å². The molecule has 4 rings (SSSR count). The molecule has 0 spiro atoms. The van der Waals surface area contributed by atoms with E-state index in [0.29, 0.717) is 17.8 Å². The predicted molar refractivity (Wildman–Crippen MR) is 110 cm³/mol. The Kier molecular flexibility index (Phi) is 5.12. The number of carbonyl (C=O) groups excluding carboxylic acids is 1. The summed E-state index contributed by atoms with van der Waals surface area (Å²) >= 11 is 0. The number of rotatable bonds is 6. The van der Waals surface area contributed by atoms with Crippen molar-refractivity contribution < 1.29 is 9.18 Å². The van der Waals surface area contributed by atoms with Gasteiger partial charge in [-0.15, -0.1) is 0 Å². The largest absolute Gasteiger partial charge is 0.322 e. The smallest absolute Gasteiger partial charge is 0.247 e. The number of para-hydroxylation sites is 2. The molecule has 7 heteroatoms. The van der Waals surface area contributed by atoms with E-state index in [1.165, 1.54) is 6.07 Å². The van der Waals surface area contributed by atoms with Crippen molar-refractivity contribution in [2.24, 2.45) is 0 Å². The maximum Gasteiger partial charge on any atom is 0.247 e. The van der Waals surface area contributed by atoms with E-state index in [1.54, 1.807) is 35.3 Å². The van der Waals surface area contributed by atoms with Crippen LogP contribution in [0.4, 0.5) is 10.1 Å². The van der Waals surface area contributed by atoms with Crippen LogP contribution >= 0.6 is 0 Å².